The van der Waals surface area contributed by atoms with Crippen LogP contribution in [0.3, 0.4) is 0 Å². The Hall–Kier alpha value is -1.71. The number of carbonyl (C=O) groups excluding carboxylic acids is 3. The summed E-state index contributed by atoms with van der Waals surface area (Å²) in [5.41, 5.74) is 0. The smallest absolute Gasteiger partial charge is 0.338 e. The molecule has 13 heavy (non-hydrogen) atoms. The van der Waals surface area contributed by atoms with Crippen molar-refractivity contribution in [1.29, 1.82) is 0 Å². The van der Waals surface area contributed by atoms with E-state index in [0.29, 0.717) is 0 Å². The minimum Gasteiger partial charge on any atom is -0.387 e. The van der Waals surface area contributed by atoms with E-state index in [-0.39, 0.29) is 5.78 Å². The summed E-state index contributed by atoms with van der Waals surface area (Å²) in [4.78, 5) is 29.8. The molecule has 0 atom stereocenters. The molecule has 0 aromatic rings. The third-order valence-electron chi connectivity index (χ3n) is 0.958. The van der Waals surface area contributed by atoms with E-state index in [0.717, 1.165) is 12.2 Å². The maximum atomic E-state index is 9.96. The number of rotatable bonds is 1. The molecule has 0 aliphatic carbocycles. The summed E-state index contributed by atoms with van der Waals surface area (Å²) in [5.74, 6) is -1.05. The summed E-state index contributed by atoms with van der Waals surface area (Å²) >= 11 is 0. The standard InChI is InChI=1S/C5H8O.C4H2O3/c1-3-4-5(2)6;5-3-1-2-4(6)7-3/h3-4H,1-2H3;1-2H. The lowest BCUT2D eigenvalue weighted by atomic mass is 10.4. The molecule has 4 nitrogen and oxygen atoms in total. The second kappa shape index (κ2) is 5.88. The molecular weight excluding hydrogens is 172 g/mol. The van der Waals surface area contributed by atoms with Crippen molar-refractivity contribution in [3.05, 3.63) is 24.3 Å². The lowest BCUT2D eigenvalue weighted by molar-refractivity contribution is -0.150. The van der Waals surface area contributed by atoms with Crippen LogP contribution in [-0.2, 0) is 19.1 Å². The van der Waals surface area contributed by atoms with Crippen LogP contribution in [0.4, 0.5) is 0 Å². The minimum atomic E-state index is -0.579. The minimum absolute atomic E-state index is 0.109. The Bertz CT molecular complexity index is 257. The summed E-state index contributed by atoms with van der Waals surface area (Å²) < 4.78 is 3.97. The normalized spacial score (nSPS) is 14.0. The number of ketones is 1. The zero-order chi connectivity index (χ0) is 10.3. The first-order valence-corrected chi connectivity index (χ1v) is 3.63. The van der Waals surface area contributed by atoms with Gasteiger partial charge in [0.25, 0.3) is 0 Å². The van der Waals surface area contributed by atoms with Gasteiger partial charge in [-0.15, -0.1) is 0 Å². The molecule has 1 rings (SSSR count). The highest BCUT2D eigenvalue weighted by Crippen LogP contribution is 1.92. The highest BCUT2D eigenvalue weighted by atomic mass is 16.6. The number of allylic oxidation sites excluding steroid dienone is 2. The molecule has 0 fully saturated rings. The third kappa shape index (κ3) is 6.68. The fraction of sp³-hybridized carbons (Fsp3) is 0.222. The molecule has 4 heteroatoms. The van der Waals surface area contributed by atoms with E-state index in [1.807, 2.05) is 6.92 Å². The fourth-order valence-corrected chi connectivity index (χ4v) is 0.538. The molecule has 0 spiro atoms. The second-order valence-electron chi connectivity index (χ2n) is 2.18. The van der Waals surface area contributed by atoms with Gasteiger partial charge in [0.2, 0.25) is 0 Å². The van der Waals surface area contributed by atoms with E-state index < -0.39 is 11.9 Å². The van der Waals surface area contributed by atoms with Gasteiger partial charge >= 0.3 is 11.9 Å². The van der Waals surface area contributed by atoms with Crippen LogP contribution in [0.1, 0.15) is 13.8 Å². The SMILES string of the molecule is CC=CC(C)=O.O=C1C=CC(=O)O1. The van der Waals surface area contributed by atoms with E-state index in [4.69, 9.17) is 0 Å². The van der Waals surface area contributed by atoms with E-state index in [1.54, 1.807) is 6.08 Å². The predicted octanol–water partition coefficient (Wildman–Crippen LogP) is 0.777. The van der Waals surface area contributed by atoms with E-state index in [9.17, 15) is 14.4 Å². The quantitative estimate of drug-likeness (QED) is 0.341. The fourth-order valence-electron chi connectivity index (χ4n) is 0.538. The van der Waals surface area contributed by atoms with Crippen LogP contribution in [0, 0.1) is 0 Å². The molecule has 0 amide bonds. The largest absolute Gasteiger partial charge is 0.387 e. The number of cyclic esters (lactones) is 2. The lowest BCUT2D eigenvalue weighted by Gasteiger charge is -1.80. The molecule has 0 N–H and O–H groups in total. The maximum Gasteiger partial charge on any atom is 0.338 e. The molecular formula is C9H10O4. The summed E-state index contributed by atoms with van der Waals surface area (Å²) in [5, 5.41) is 0. The zero-order valence-electron chi connectivity index (χ0n) is 7.44. The summed E-state index contributed by atoms with van der Waals surface area (Å²) in [7, 11) is 0. The summed E-state index contributed by atoms with van der Waals surface area (Å²) in [6, 6.07) is 0. The highest BCUT2D eigenvalue weighted by Gasteiger charge is 2.10. The summed E-state index contributed by atoms with van der Waals surface area (Å²) in [6.45, 7) is 3.35. The molecule has 0 aromatic heterocycles. The maximum absolute atomic E-state index is 9.96. The third-order valence-corrected chi connectivity index (χ3v) is 0.958. The van der Waals surface area contributed by atoms with Crippen LogP contribution < -0.4 is 0 Å². The summed E-state index contributed by atoms with van der Waals surface area (Å²) in [6.07, 6.45) is 5.42. The van der Waals surface area contributed by atoms with Crippen LogP contribution in [0.2, 0.25) is 0 Å². The molecule has 0 saturated carbocycles. The molecule has 0 aromatic carbocycles. The lowest BCUT2D eigenvalue weighted by Crippen LogP contribution is -1.96. The first-order chi connectivity index (χ1) is 6.06. The van der Waals surface area contributed by atoms with Crippen molar-refractivity contribution in [1.82, 2.24) is 0 Å². The van der Waals surface area contributed by atoms with Gasteiger partial charge in [-0.1, -0.05) is 6.08 Å². The molecule has 1 heterocycles. The van der Waals surface area contributed by atoms with Gasteiger partial charge < -0.3 is 4.74 Å². The van der Waals surface area contributed by atoms with Gasteiger partial charge in [-0.3, -0.25) is 4.79 Å². The number of ether oxygens (including phenoxy) is 1. The van der Waals surface area contributed by atoms with Gasteiger partial charge in [-0.05, 0) is 19.9 Å². The van der Waals surface area contributed by atoms with Crippen molar-refractivity contribution in [2.75, 3.05) is 0 Å². The Morgan fingerprint density at radius 2 is 1.77 bits per heavy atom. The first-order valence-electron chi connectivity index (χ1n) is 3.63. The monoisotopic (exact) mass is 182 g/mol. The Balaban J connectivity index is 0.000000226. The molecule has 0 bridgehead atoms. The van der Waals surface area contributed by atoms with Crippen LogP contribution in [0.25, 0.3) is 0 Å². The van der Waals surface area contributed by atoms with Gasteiger partial charge in [0.1, 0.15) is 0 Å². The van der Waals surface area contributed by atoms with Gasteiger partial charge in [-0.25, -0.2) is 9.59 Å². The molecule has 0 saturated heterocycles. The number of carbonyl (C=O) groups is 3. The van der Waals surface area contributed by atoms with Crippen molar-refractivity contribution in [3.63, 3.8) is 0 Å². The molecule has 1 aliphatic rings. The average molecular weight is 182 g/mol. The van der Waals surface area contributed by atoms with Gasteiger partial charge in [-0.2, -0.15) is 0 Å². The topological polar surface area (TPSA) is 60.4 Å². The van der Waals surface area contributed by atoms with Crippen molar-refractivity contribution >= 4 is 17.7 Å². The zero-order valence-corrected chi connectivity index (χ0v) is 7.44. The Morgan fingerprint density at radius 3 is 1.85 bits per heavy atom. The van der Waals surface area contributed by atoms with Crippen LogP contribution in [-0.4, -0.2) is 17.7 Å². The van der Waals surface area contributed by atoms with Crippen LogP contribution in [0.15, 0.2) is 24.3 Å². The van der Waals surface area contributed by atoms with Gasteiger partial charge in [0.05, 0.1) is 0 Å². The number of hydrogen-bond acceptors (Lipinski definition) is 4. The van der Waals surface area contributed by atoms with Crippen LogP contribution in [0.5, 0.6) is 0 Å². The van der Waals surface area contributed by atoms with Crippen LogP contribution >= 0.6 is 0 Å². The van der Waals surface area contributed by atoms with Gasteiger partial charge in [0.15, 0.2) is 5.78 Å². The Kier molecular flexibility index (Phi) is 5.11. The van der Waals surface area contributed by atoms with Gasteiger partial charge in [0, 0.05) is 12.2 Å². The predicted molar refractivity (Wildman–Crippen MR) is 45.7 cm³/mol. The molecule has 0 unspecified atom stereocenters. The number of hydrogen-bond donors (Lipinski definition) is 0. The van der Waals surface area contributed by atoms with Crippen molar-refractivity contribution in [2.45, 2.75) is 13.8 Å². The van der Waals surface area contributed by atoms with Crippen molar-refractivity contribution in [2.24, 2.45) is 0 Å². The second-order valence-corrected chi connectivity index (χ2v) is 2.18. The first kappa shape index (κ1) is 11.3. The molecule has 70 valence electrons. The molecule has 1 aliphatic heterocycles. The highest BCUT2D eigenvalue weighted by molar-refractivity contribution is 6.04. The Labute approximate surface area is 75.9 Å². The van der Waals surface area contributed by atoms with E-state index >= 15 is 0 Å². The average Bonchev–Trinajstić information content (AvgIpc) is 2.35. The van der Waals surface area contributed by atoms with Crippen molar-refractivity contribution < 1.29 is 19.1 Å². The number of esters is 2. The van der Waals surface area contributed by atoms with E-state index in [2.05, 4.69) is 4.74 Å². The van der Waals surface area contributed by atoms with Crippen molar-refractivity contribution in [3.8, 4) is 0 Å². The molecule has 0 radical (unpaired) electrons. The van der Waals surface area contributed by atoms with E-state index in [1.165, 1.54) is 13.0 Å². The Morgan fingerprint density at radius 1 is 1.31 bits per heavy atom.